The molecule has 1 atom stereocenters. The van der Waals surface area contributed by atoms with Crippen LogP contribution in [0.3, 0.4) is 0 Å². The monoisotopic (exact) mass is 254 g/mol. The van der Waals surface area contributed by atoms with E-state index < -0.39 is 10.8 Å². The highest BCUT2D eigenvalue weighted by Gasteiger charge is 2.33. The first kappa shape index (κ1) is 12.7. The van der Waals surface area contributed by atoms with E-state index in [-0.39, 0.29) is 17.6 Å². The molecule has 1 unspecified atom stereocenters. The largest absolute Gasteiger partial charge is 0.442 e. The van der Waals surface area contributed by atoms with Crippen LogP contribution in [0.1, 0.15) is 17.2 Å². The van der Waals surface area contributed by atoms with Gasteiger partial charge < -0.3 is 0 Å². The van der Waals surface area contributed by atoms with Gasteiger partial charge in [-0.3, -0.25) is 0 Å². The second-order valence-electron chi connectivity index (χ2n) is 2.94. The van der Waals surface area contributed by atoms with Crippen molar-refractivity contribution in [2.45, 2.75) is 17.2 Å². The molecule has 0 spiro atoms. The molecule has 0 amide bonds. The van der Waals surface area contributed by atoms with Gasteiger partial charge in [-0.2, -0.15) is 13.2 Å². The van der Waals surface area contributed by atoms with Crippen molar-refractivity contribution < 1.29 is 13.2 Å². The first-order chi connectivity index (χ1) is 7.03. The molecule has 5 heteroatoms. The molecular weight excluding hydrogens is 245 g/mol. The molecule has 0 aliphatic heterocycles. The average Bonchev–Trinajstić information content (AvgIpc) is 2.17. The Balaban J connectivity index is 2.75. The molecule has 0 heterocycles. The van der Waals surface area contributed by atoms with Crippen LogP contribution in [-0.2, 0) is 0 Å². The molecule has 0 bridgehead atoms. The van der Waals surface area contributed by atoms with Crippen molar-refractivity contribution >= 4 is 23.4 Å². The quantitative estimate of drug-likeness (QED) is 0.707. The third kappa shape index (κ3) is 4.80. The molecule has 0 nitrogen and oxygen atoms in total. The lowest BCUT2D eigenvalue weighted by Crippen LogP contribution is -2.06. The summed E-state index contributed by atoms with van der Waals surface area (Å²) in [6.45, 7) is 0. The van der Waals surface area contributed by atoms with E-state index in [4.69, 9.17) is 11.6 Å². The Labute approximate surface area is 95.8 Å². The third-order valence-corrected chi connectivity index (χ3v) is 3.10. The van der Waals surface area contributed by atoms with Crippen LogP contribution in [0, 0.1) is 0 Å². The van der Waals surface area contributed by atoms with Crippen LogP contribution in [0.25, 0.3) is 0 Å². The molecule has 0 saturated carbocycles. The van der Waals surface area contributed by atoms with E-state index in [1.54, 1.807) is 30.3 Å². The number of hydrogen-bond donors (Lipinski definition) is 0. The highest BCUT2D eigenvalue weighted by atomic mass is 35.5. The first-order valence-corrected chi connectivity index (χ1v) is 5.80. The lowest BCUT2D eigenvalue weighted by molar-refractivity contribution is -0.0334. The van der Waals surface area contributed by atoms with Gasteiger partial charge in [-0.1, -0.05) is 30.3 Å². The van der Waals surface area contributed by atoms with Crippen molar-refractivity contribution in [1.29, 1.82) is 0 Å². The fourth-order valence-electron chi connectivity index (χ4n) is 1.22. The minimum atomic E-state index is -4.22. The van der Waals surface area contributed by atoms with E-state index in [1.807, 2.05) is 0 Å². The Morgan fingerprint density at radius 2 is 1.80 bits per heavy atom. The van der Waals surface area contributed by atoms with Crippen molar-refractivity contribution in [2.24, 2.45) is 0 Å². The molecule has 0 aliphatic carbocycles. The van der Waals surface area contributed by atoms with Crippen molar-refractivity contribution in [3.63, 3.8) is 0 Å². The molecule has 1 rings (SSSR count). The van der Waals surface area contributed by atoms with Gasteiger partial charge in [0.2, 0.25) is 0 Å². The summed E-state index contributed by atoms with van der Waals surface area (Å²) < 4.78 is 36.7. The molecule has 0 saturated heterocycles. The maximum Gasteiger partial charge on any atom is 0.442 e. The molecule has 0 fully saturated rings. The van der Waals surface area contributed by atoms with Crippen molar-refractivity contribution in [3.05, 3.63) is 35.9 Å². The van der Waals surface area contributed by atoms with Gasteiger partial charge in [-0.05, 0) is 23.7 Å². The molecule has 1 aromatic carbocycles. The van der Waals surface area contributed by atoms with Gasteiger partial charge in [0.15, 0.2) is 0 Å². The molecule has 1 aromatic rings. The van der Waals surface area contributed by atoms with Gasteiger partial charge in [0.1, 0.15) is 0 Å². The lowest BCUT2D eigenvalue weighted by Gasteiger charge is -2.17. The summed E-state index contributed by atoms with van der Waals surface area (Å²) in [5.74, 6) is 0.225. The lowest BCUT2D eigenvalue weighted by atomic mass is 10.1. The number of hydrogen-bond acceptors (Lipinski definition) is 1. The van der Waals surface area contributed by atoms with Gasteiger partial charge in [0.05, 0.1) is 0 Å². The number of benzene rings is 1. The van der Waals surface area contributed by atoms with E-state index in [0.717, 1.165) is 0 Å². The Morgan fingerprint density at radius 3 is 2.27 bits per heavy atom. The molecule has 15 heavy (non-hydrogen) atoms. The summed E-state index contributed by atoms with van der Waals surface area (Å²) in [7, 11) is 0. The van der Waals surface area contributed by atoms with E-state index in [2.05, 4.69) is 0 Å². The van der Waals surface area contributed by atoms with Crippen molar-refractivity contribution in [2.75, 3.05) is 5.88 Å². The smallest absolute Gasteiger partial charge is 0.160 e. The van der Waals surface area contributed by atoms with E-state index in [9.17, 15) is 13.2 Å². The minimum Gasteiger partial charge on any atom is -0.160 e. The second-order valence-corrected chi connectivity index (χ2v) is 4.59. The zero-order valence-corrected chi connectivity index (χ0v) is 9.37. The third-order valence-electron chi connectivity index (χ3n) is 1.82. The molecule has 84 valence electrons. The summed E-state index contributed by atoms with van der Waals surface area (Å²) in [5.41, 5.74) is -3.55. The van der Waals surface area contributed by atoms with Crippen molar-refractivity contribution in [3.8, 4) is 0 Å². The van der Waals surface area contributed by atoms with Gasteiger partial charge in [0.25, 0.3) is 0 Å². The predicted molar refractivity (Wildman–Crippen MR) is 58.2 cm³/mol. The summed E-state index contributed by atoms with van der Waals surface area (Å²) >= 11 is 5.49. The maximum atomic E-state index is 12.2. The van der Waals surface area contributed by atoms with Gasteiger partial charge in [-0.25, -0.2) is 0 Å². The van der Waals surface area contributed by atoms with Crippen LogP contribution in [0.2, 0.25) is 0 Å². The van der Waals surface area contributed by atoms with Crippen LogP contribution in [-0.4, -0.2) is 11.4 Å². The Bertz CT molecular complexity index is 286. The van der Waals surface area contributed by atoms with Crippen LogP contribution in [0.15, 0.2) is 30.3 Å². The van der Waals surface area contributed by atoms with Crippen LogP contribution in [0.5, 0.6) is 0 Å². The van der Waals surface area contributed by atoms with E-state index in [0.29, 0.717) is 12.0 Å². The second kappa shape index (κ2) is 5.66. The maximum absolute atomic E-state index is 12.2. The number of alkyl halides is 4. The van der Waals surface area contributed by atoms with Gasteiger partial charge in [0, 0.05) is 11.1 Å². The van der Waals surface area contributed by atoms with Gasteiger partial charge >= 0.3 is 5.51 Å². The summed E-state index contributed by atoms with van der Waals surface area (Å²) in [6.07, 6.45) is 0.315. The minimum absolute atomic E-state index is 0.00491. The Morgan fingerprint density at radius 1 is 1.20 bits per heavy atom. The highest BCUT2D eigenvalue weighted by Crippen LogP contribution is 2.43. The first-order valence-electron chi connectivity index (χ1n) is 4.38. The van der Waals surface area contributed by atoms with E-state index >= 15 is 0 Å². The number of thioether (sulfide) groups is 1. The standard InChI is InChI=1S/C10H10ClF3S/c11-7-6-9(15-10(12,13)14)8-4-2-1-3-5-8/h1-5,9H,6-7H2. The topological polar surface area (TPSA) is 0 Å². The fraction of sp³-hybridized carbons (Fsp3) is 0.400. The molecule has 0 radical (unpaired) electrons. The van der Waals surface area contributed by atoms with Crippen LogP contribution in [0.4, 0.5) is 13.2 Å². The number of rotatable bonds is 4. The van der Waals surface area contributed by atoms with Gasteiger partial charge in [-0.15, -0.1) is 11.6 Å². The highest BCUT2D eigenvalue weighted by molar-refractivity contribution is 8.00. The predicted octanol–water partition coefficient (Wildman–Crippen LogP) is 4.61. The Hall–Kier alpha value is -0.350. The molecule has 0 N–H and O–H groups in total. The van der Waals surface area contributed by atoms with Crippen LogP contribution < -0.4 is 0 Å². The number of halogens is 4. The summed E-state index contributed by atoms with van der Waals surface area (Å²) in [6, 6.07) is 8.62. The van der Waals surface area contributed by atoms with Crippen LogP contribution >= 0.6 is 23.4 Å². The summed E-state index contributed by atoms with van der Waals surface area (Å²) in [4.78, 5) is 0. The SMILES string of the molecule is FC(F)(F)SC(CCCl)c1ccccc1. The van der Waals surface area contributed by atoms with Crippen molar-refractivity contribution in [1.82, 2.24) is 0 Å². The zero-order chi connectivity index (χ0) is 11.3. The Kier molecular flexibility index (Phi) is 4.80. The molecule has 0 aromatic heterocycles. The average molecular weight is 255 g/mol. The zero-order valence-electron chi connectivity index (χ0n) is 7.80. The fourth-order valence-corrected chi connectivity index (χ4v) is 2.42. The molecule has 0 aliphatic rings. The van der Waals surface area contributed by atoms with E-state index in [1.165, 1.54) is 0 Å². The normalized spacial score (nSPS) is 13.9. The summed E-state index contributed by atoms with van der Waals surface area (Å²) in [5, 5.41) is -0.608. The molecular formula is C10H10ClF3S.